The van der Waals surface area contributed by atoms with Gasteiger partial charge >= 0.3 is 5.97 Å². The molecule has 0 amide bonds. The Balaban J connectivity index is 2.84. The van der Waals surface area contributed by atoms with Crippen LogP contribution in [0.2, 0.25) is 0 Å². The zero-order valence-corrected chi connectivity index (χ0v) is 10.6. The standard InChI is InChI=1S/C11H14FNO4S/c1-2-8(11(14)15)7-13-18(16,17)10-6-4-3-5-9(10)12/h3-6,8,13H,2,7H2,1H3,(H,14,15). The Kier molecular flexibility index (Phi) is 4.80. The number of hydrogen-bond donors (Lipinski definition) is 2. The van der Waals surface area contributed by atoms with Crippen molar-refractivity contribution in [3.63, 3.8) is 0 Å². The first-order valence-electron chi connectivity index (χ1n) is 5.35. The average Bonchev–Trinajstić information content (AvgIpc) is 2.29. The van der Waals surface area contributed by atoms with E-state index in [9.17, 15) is 17.6 Å². The third kappa shape index (κ3) is 3.51. The van der Waals surface area contributed by atoms with Crippen LogP contribution in [0.25, 0.3) is 0 Å². The van der Waals surface area contributed by atoms with Crippen molar-refractivity contribution in [2.45, 2.75) is 18.2 Å². The van der Waals surface area contributed by atoms with Crippen LogP contribution in [0.3, 0.4) is 0 Å². The van der Waals surface area contributed by atoms with Gasteiger partial charge in [-0.05, 0) is 18.6 Å². The second-order valence-electron chi connectivity index (χ2n) is 3.73. The van der Waals surface area contributed by atoms with Gasteiger partial charge in [-0.2, -0.15) is 0 Å². The van der Waals surface area contributed by atoms with Crippen LogP contribution in [0.1, 0.15) is 13.3 Å². The van der Waals surface area contributed by atoms with Crippen molar-refractivity contribution >= 4 is 16.0 Å². The first-order chi connectivity index (χ1) is 8.38. The maximum Gasteiger partial charge on any atom is 0.307 e. The van der Waals surface area contributed by atoms with Gasteiger partial charge in [-0.3, -0.25) is 4.79 Å². The number of carboxylic acid groups (broad SMARTS) is 1. The molecule has 0 aromatic heterocycles. The Labute approximate surface area is 105 Å². The van der Waals surface area contributed by atoms with Crippen LogP contribution in [-0.4, -0.2) is 26.0 Å². The monoisotopic (exact) mass is 275 g/mol. The first-order valence-corrected chi connectivity index (χ1v) is 6.83. The van der Waals surface area contributed by atoms with E-state index in [-0.39, 0.29) is 13.0 Å². The van der Waals surface area contributed by atoms with E-state index in [1.165, 1.54) is 12.1 Å². The molecule has 100 valence electrons. The molecule has 1 unspecified atom stereocenters. The maximum absolute atomic E-state index is 13.3. The van der Waals surface area contributed by atoms with Gasteiger partial charge in [0.05, 0.1) is 5.92 Å². The van der Waals surface area contributed by atoms with Crippen molar-refractivity contribution in [2.24, 2.45) is 5.92 Å². The lowest BCUT2D eigenvalue weighted by Crippen LogP contribution is -2.33. The van der Waals surface area contributed by atoms with Gasteiger partial charge in [0.25, 0.3) is 0 Å². The lowest BCUT2D eigenvalue weighted by atomic mass is 10.1. The van der Waals surface area contributed by atoms with Crippen LogP contribution < -0.4 is 4.72 Å². The highest BCUT2D eigenvalue weighted by Crippen LogP contribution is 2.13. The maximum atomic E-state index is 13.3. The summed E-state index contributed by atoms with van der Waals surface area (Å²) in [7, 11) is -4.02. The number of carbonyl (C=O) groups is 1. The Hall–Kier alpha value is -1.47. The minimum atomic E-state index is -4.02. The van der Waals surface area contributed by atoms with Gasteiger partial charge in [0, 0.05) is 6.54 Å². The van der Waals surface area contributed by atoms with Gasteiger partial charge in [-0.25, -0.2) is 17.5 Å². The predicted molar refractivity (Wildman–Crippen MR) is 63.0 cm³/mol. The van der Waals surface area contributed by atoms with Gasteiger partial charge in [0.15, 0.2) is 0 Å². The van der Waals surface area contributed by atoms with Crippen LogP contribution in [-0.2, 0) is 14.8 Å². The Morgan fingerprint density at radius 3 is 2.56 bits per heavy atom. The van der Waals surface area contributed by atoms with Crippen molar-refractivity contribution in [1.82, 2.24) is 4.72 Å². The number of sulfonamides is 1. The molecule has 1 aromatic rings. The molecule has 1 aromatic carbocycles. The largest absolute Gasteiger partial charge is 0.481 e. The Bertz CT molecular complexity index is 530. The molecule has 1 rings (SSSR count). The minimum absolute atomic E-state index is 0.261. The van der Waals surface area contributed by atoms with Crippen molar-refractivity contribution in [2.75, 3.05) is 6.54 Å². The quantitative estimate of drug-likeness (QED) is 0.817. The van der Waals surface area contributed by atoms with Crippen molar-refractivity contribution < 1.29 is 22.7 Å². The zero-order valence-electron chi connectivity index (χ0n) is 9.76. The smallest absolute Gasteiger partial charge is 0.307 e. The van der Waals surface area contributed by atoms with Gasteiger partial charge in [-0.15, -0.1) is 0 Å². The van der Waals surface area contributed by atoms with E-state index in [1.807, 2.05) is 0 Å². The summed E-state index contributed by atoms with van der Waals surface area (Å²) >= 11 is 0. The molecule has 0 saturated heterocycles. The first kappa shape index (κ1) is 14.6. The van der Waals surface area contributed by atoms with Crippen LogP contribution >= 0.6 is 0 Å². The fourth-order valence-corrected chi connectivity index (χ4v) is 2.52. The molecular formula is C11H14FNO4S. The molecule has 5 nitrogen and oxygen atoms in total. The molecule has 2 N–H and O–H groups in total. The van der Waals surface area contributed by atoms with Crippen molar-refractivity contribution in [3.8, 4) is 0 Å². The molecule has 0 heterocycles. The molecule has 0 saturated carbocycles. The second kappa shape index (κ2) is 5.92. The molecule has 1 atom stereocenters. The Morgan fingerprint density at radius 1 is 1.44 bits per heavy atom. The molecular weight excluding hydrogens is 261 g/mol. The molecule has 0 aliphatic carbocycles. The zero-order chi connectivity index (χ0) is 13.8. The highest BCUT2D eigenvalue weighted by molar-refractivity contribution is 7.89. The van der Waals surface area contributed by atoms with Crippen LogP contribution in [0.15, 0.2) is 29.2 Å². The highest BCUT2D eigenvalue weighted by atomic mass is 32.2. The van der Waals surface area contributed by atoms with Crippen LogP contribution in [0.5, 0.6) is 0 Å². The van der Waals surface area contributed by atoms with Gasteiger partial charge < -0.3 is 5.11 Å². The van der Waals surface area contributed by atoms with E-state index < -0.39 is 32.6 Å². The SMILES string of the molecule is CCC(CNS(=O)(=O)c1ccccc1F)C(=O)O. The number of benzene rings is 1. The van der Waals surface area contributed by atoms with E-state index in [0.717, 1.165) is 12.1 Å². The molecule has 0 radical (unpaired) electrons. The molecule has 0 aliphatic rings. The molecule has 18 heavy (non-hydrogen) atoms. The summed E-state index contributed by atoms with van der Waals surface area (Å²) in [5, 5.41) is 8.79. The average molecular weight is 275 g/mol. The second-order valence-corrected chi connectivity index (χ2v) is 5.46. The summed E-state index contributed by atoms with van der Waals surface area (Å²) in [4.78, 5) is 10.3. The summed E-state index contributed by atoms with van der Waals surface area (Å²) in [5.41, 5.74) is 0. The number of aliphatic carboxylic acids is 1. The van der Waals surface area contributed by atoms with E-state index in [2.05, 4.69) is 4.72 Å². The van der Waals surface area contributed by atoms with Gasteiger partial charge in [-0.1, -0.05) is 19.1 Å². The van der Waals surface area contributed by atoms with Crippen molar-refractivity contribution in [3.05, 3.63) is 30.1 Å². The van der Waals surface area contributed by atoms with Crippen LogP contribution in [0, 0.1) is 11.7 Å². The third-order valence-electron chi connectivity index (χ3n) is 2.49. The van der Waals surface area contributed by atoms with Gasteiger partial charge in [0.2, 0.25) is 10.0 Å². The highest BCUT2D eigenvalue weighted by Gasteiger charge is 2.22. The molecule has 7 heteroatoms. The molecule has 0 bridgehead atoms. The molecule has 0 spiro atoms. The lowest BCUT2D eigenvalue weighted by Gasteiger charge is -2.11. The fourth-order valence-electron chi connectivity index (χ4n) is 1.36. The normalized spacial score (nSPS) is 13.2. The number of hydrogen-bond acceptors (Lipinski definition) is 3. The Morgan fingerprint density at radius 2 is 2.06 bits per heavy atom. The third-order valence-corrected chi connectivity index (χ3v) is 3.94. The van der Waals surface area contributed by atoms with Gasteiger partial charge in [0.1, 0.15) is 10.7 Å². The molecule has 0 aliphatic heterocycles. The lowest BCUT2D eigenvalue weighted by molar-refractivity contribution is -0.141. The van der Waals surface area contributed by atoms with E-state index in [1.54, 1.807) is 6.92 Å². The van der Waals surface area contributed by atoms with E-state index in [0.29, 0.717) is 0 Å². The summed E-state index contributed by atoms with van der Waals surface area (Å²) in [6, 6.07) is 4.93. The van der Waals surface area contributed by atoms with Crippen molar-refractivity contribution in [1.29, 1.82) is 0 Å². The number of halogens is 1. The number of rotatable bonds is 6. The fraction of sp³-hybridized carbons (Fsp3) is 0.364. The van der Waals surface area contributed by atoms with E-state index >= 15 is 0 Å². The predicted octanol–water partition coefficient (Wildman–Crippen LogP) is 1.21. The summed E-state index contributed by atoms with van der Waals surface area (Å²) in [6.07, 6.45) is 0.287. The topological polar surface area (TPSA) is 83.5 Å². The summed E-state index contributed by atoms with van der Waals surface area (Å²) in [5.74, 6) is -2.78. The number of carboxylic acids is 1. The summed E-state index contributed by atoms with van der Waals surface area (Å²) < 4.78 is 38.9. The minimum Gasteiger partial charge on any atom is -0.481 e. The van der Waals surface area contributed by atoms with Crippen LogP contribution in [0.4, 0.5) is 4.39 Å². The summed E-state index contributed by atoms with van der Waals surface area (Å²) in [6.45, 7) is 1.37. The van der Waals surface area contributed by atoms with E-state index in [4.69, 9.17) is 5.11 Å². The molecule has 0 fully saturated rings. The number of nitrogens with one attached hydrogen (secondary N) is 1.